The molecule has 0 spiro atoms. The standard InChI is InChI=1S/C22H17N5O3S/c23-20(29)17-7-6-13(9-19(17)28)21(30)25-15-4-1-5-16(10-15)26-22-27-18(12-31-22)14-3-2-8-24-11-14/h1-12,28H,(H2,23,29)(H,25,30)(H,26,27). The van der Waals surface area contributed by atoms with Gasteiger partial charge in [0.1, 0.15) is 5.75 Å². The zero-order valence-electron chi connectivity index (χ0n) is 16.1. The summed E-state index contributed by atoms with van der Waals surface area (Å²) in [5.41, 5.74) is 8.37. The van der Waals surface area contributed by atoms with Gasteiger partial charge in [-0.3, -0.25) is 14.6 Å². The molecule has 0 unspecified atom stereocenters. The highest BCUT2D eigenvalue weighted by atomic mass is 32.1. The van der Waals surface area contributed by atoms with Gasteiger partial charge < -0.3 is 21.5 Å². The number of pyridine rings is 1. The van der Waals surface area contributed by atoms with Gasteiger partial charge >= 0.3 is 0 Å². The summed E-state index contributed by atoms with van der Waals surface area (Å²) < 4.78 is 0. The van der Waals surface area contributed by atoms with E-state index in [4.69, 9.17) is 5.73 Å². The van der Waals surface area contributed by atoms with Crippen molar-refractivity contribution in [2.24, 2.45) is 5.73 Å². The average Bonchev–Trinajstić information content (AvgIpc) is 3.22. The third kappa shape index (κ3) is 4.68. The molecule has 0 bridgehead atoms. The highest BCUT2D eigenvalue weighted by molar-refractivity contribution is 7.14. The molecule has 0 saturated carbocycles. The normalized spacial score (nSPS) is 10.5. The van der Waals surface area contributed by atoms with Crippen LogP contribution in [-0.4, -0.2) is 26.9 Å². The predicted molar refractivity (Wildman–Crippen MR) is 120 cm³/mol. The zero-order valence-corrected chi connectivity index (χ0v) is 16.9. The van der Waals surface area contributed by atoms with E-state index in [1.807, 2.05) is 23.6 Å². The first-order valence-electron chi connectivity index (χ1n) is 9.17. The second kappa shape index (κ2) is 8.64. The highest BCUT2D eigenvalue weighted by Gasteiger charge is 2.13. The van der Waals surface area contributed by atoms with Crippen molar-refractivity contribution in [1.82, 2.24) is 9.97 Å². The number of rotatable bonds is 6. The van der Waals surface area contributed by atoms with Gasteiger partial charge in [0, 0.05) is 40.3 Å². The Balaban J connectivity index is 1.46. The van der Waals surface area contributed by atoms with Gasteiger partial charge in [-0.25, -0.2) is 4.98 Å². The number of carbonyl (C=O) groups is 2. The number of nitrogens with two attached hydrogens (primary N) is 1. The van der Waals surface area contributed by atoms with Crippen LogP contribution in [0.3, 0.4) is 0 Å². The number of aromatic hydroxyl groups is 1. The molecule has 0 saturated heterocycles. The van der Waals surface area contributed by atoms with Gasteiger partial charge in [-0.1, -0.05) is 6.07 Å². The van der Waals surface area contributed by atoms with Crippen LogP contribution in [0.5, 0.6) is 5.75 Å². The monoisotopic (exact) mass is 431 g/mol. The van der Waals surface area contributed by atoms with Crippen molar-refractivity contribution in [3.05, 3.63) is 83.5 Å². The van der Waals surface area contributed by atoms with Crippen LogP contribution in [0.15, 0.2) is 72.4 Å². The van der Waals surface area contributed by atoms with Crippen molar-refractivity contribution in [2.45, 2.75) is 0 Å². The molecule has 2 aromatic carbocycles. The Hall–Kier alpha value is -4.24. The summed E-state index contributed by atoms with van der Waals surface area (Å²) >= 11 is 1.46. The summed E-state index contributed by atoms with van der Waals surface area (Å²) in [6, 6.07) is 14.9. The minimum Gasteiger partial charge on any atom is -0.507 e. The predicted octanol–water partition coefficient (Wildman–Crippen LogP) is 4.01. The van der Waals surface area contributed by atoms with Gasteiger partial charge in [-0.2, -0.15) is 0 Å². The lowest BCUT2D eigenvalue weighted by Gasteiger charge is -2.09. The van der Waals surface area contributed by atoms with Gasteiger partial charge in [0.15, 0.2) is 5.13 Å². The van der Waals surface area contributed by atoms with Gasteiger partial charge in [0.25, 0.3) is 11.8 Å². The maximum Gasteiger partial charge on any atom is 0.255 e. The molecule has 0 atom stereocenters. The maximum atomic E-state index is 12.5. The SMILES string of the molecule is NC(=O)c1ccc(C(=O)Nc2cccc(Nc3nc(-c4cccnc4)cs3)c2)cc1O. The van der Waals surface area contributed by atoms with Crippen LogP contribution in [0.4, 0.5) is 16.5 Å². The first-order chi connectivity index (χ1) is 15.0. The van der Waals surface area contributed by atoms with Crippen molar-refractivity contribution < 1.29 is 14.7 Å². The minimum absolute atomic E-state index is 0.0446. The molecule has 0 radical (unpaired) electrons. The Morgan fingerprint density at radius 1 is 1.03 bits per heavy atom. The number of thiazole rings is 1. The number of carbonyl (C=O) groups excluding carboxylic acids is 2. The Labute approximate surface area is 181 Å². The van der Waals surface area contributed by atoms with Crippen LogP contribution in [0.25, 0.3) is 11.3 Å². The first kappa shape index (κ1) is 20.0. The Morgan fingerprint density at radius 3 is 2.61 bits per heavy atom. The van der Waals surface area contributed by atoms with Crippen LogP contribution >= 0.6 is 11.3 Å². The number of hydrogen-bond acceptors (Lipinski definition) is 7. The van der Waals surface area contributed by atoms with Crippen LogP contribution in [0.2, 0.25) is 0 Å². The first-order valence-corrected chi connectivity index (χ1v) is 10.0. The number of benzene rings is 2. The quantitative estimate of drug-likeness (QED) is 0.365. The van der Waals surface area contributed by atoms with Crippen molar-refractivity contribution >= 4 is 39.7 Å². The Kier molecular flexibility index (Phi) is 5.59. The lowest BCUT2D eigenvalue weighted by atomic mass is 10.1. The Morgan fingerprint density at radius 2 is 1.87 bits per heavy atom. The third-order valence-corrected chi connectivity index (χ3v) is 5.12. The van der Waals surface area contributed by atoms with Crippen molar-refractivity contribution in [1.29, 1.82) is 0 Å². The molecule has 5 N–H and O–H groups in total. The second-order valence-corrected chi connectivity index (χ2v) is 7.39. The molecular formula is C22H17N5O3S. The van der Waals surface area contributed by atoms with E-state index in [9.17, 15) is 14.7 Å². The zero-order chi connectivity index (χ0) is 21.8. The summed E-state index contributed by atoms with van der Waals surface area (Å²) in [6.45, 7) is 0. The number of hydrogen-bond donors (Lipinski definition) is 4. The van der Waals surface area contributed by atoms with Crippen LogP contribution in [0, 0.1) is 0 Å². The number of anilines is 3. The molecule has 2 amide bonds. The van der Waals surface area contributed by atoms with Gasteiger partial charge in [0.2, 0.25) is 0 Å². The lowest BCUT2D eigenvalue weighted by molar-refractivity contribution is 0.0992. The van der Waals surface area contributed by atoms with Crippen molar-refractivity contribution in [3.8, 4) is 17.0 Å². The van der Waals surface area contributed by atoms with E-state index < -0.39 is 11.8 Å². The fourth-order valence-electron chi connectivity index (χ4n) is 2.86. The topological polar surface area (TPSA) is 130 Å². The molecule has 154 valence electrons. The van der Waals surface area contributed by atoms with E-state index in [0.717, 1.165) is 16.9 Å². The fraction of sp³-hybridized carbons (Fsp3) is 0. The molecule has 4 aromatic rings. The summed E-state index contributed by atoms with van der Waals surface area (Å²) in [6.07, 6.45) is 3.46. The molecule has 31 heavy (non-hydrogen) atoms. The van der Waals surface area contributed by atoms with Crippen LogP contribution in [-0.2, 0) is 0 Å². The molecule has 0 aliphatic rings. The summed E-state index contributed by atoms with van der Waals surface area (Å²) in [7, 11) is 0. The molecule has 0 aliphatic carbocycles. The number of aromatic nitrogens is 2. The fourth-order valence-corrected chi connectivity index (χ4v) is 3.60. The van der Waals surface area contributed by atoms with Crippen LogP contribution < -0.4 is 16.4 Å². The van der Waals surface area contributed by atoms with Crippen LogP contribution in [0.1, 0.15) is 20.7 Å². The molecule has 8 nitrogen and oxygen atoms in total. The molecule has 2 aromatic heterocycles. The smallest absolute Gasteiger partial charge is 0.255 e. The number of nitrogens with one attached hydrogen (secondary N) is 2. The molecular weight excluding hydrogens is 414 g/mol. The summed E-state index contributed by atoms with van der Waals surface area (Å²) in [5, 5.41) is 18.5. The van der Waals surface area contributed by atoms with E-state index in [1.165, 1.54) is 29.5 Å². The average molecular weight is 431 g/mol. The largest absolute Gasteiger partial charge is 0.507 e. The summed E-state index contributed by atoms with van der Waals surface area (Å²) in [4.78, 5) is 32.4. The number of primary amides is 1. The van der Waals surface area contributed by atoms with Gasteiger partial charge in [-0.05, 0) is 48.5 Å². The molecule has 4 rings (SSSR count). The van der Waals surface area contributed by atoms with Crippen molar-refractivity contribution in [3.63, 3.8) is 0 Å². The number of amides is 2. The minimum atomic E-state index is -0.767. The number of nitrogens with zero attached hydrogens (tertiary/aromatic N) is 2. The molecule has 0 aliphatic heterocycles. The van der Waals surface area contributed by atoms with Gasteiger partial charge in [-0.15, -0.1) is 11.3 Å². The van der Waals surface area contributed by atoms with E-state index in [-0.39, 0.29) is 16.9 Å². The van der Waals surface area contributed by atoms with Gasteiger partial charge in [0.05, 0.1) is 11.3 Å². The van der Waals surface area contributed by atoms with E-state index >= 15 is 0 Å². The lowest BCUT2D eigenvalue weighted by Crippen LogP contribution is -2.14. The molecule has 2 heterocycles. The maximum absolute atomic E-state index is 12.5. The number of phenols is 1. The molecule has 9 heteroatoms. The van der Waals surface area contributed by atoms with E-state index in [2.05, 4.69) is 20.6 Å². The second-order valence-electron chi connectivity index (χ2n) is 6.54. The van der Waals surface area contributed by atoms with E-state index in [1.54, 1.807) is 30.6 Å². The highest BCUT2D eigenvalue weighted by Crippen LogP contribution is 2.28. The Bertz CT molecular complexity index is 1260. The summed E-state index contributed by atoms with van der Waals surface area (Å²) in [5.74, 6) is -1.54. The van der Waals surface area contributed by atoms with E-state index in [0.29, 0.717) is 10.8 Å². The van der Waals surface area contributed by atoms with Crippen molar-refractivity contribution in [2.75, 3.05) is 10.6 Å². The third-order valence-electron chi connectivity index (χ3n) is 4.36. The molecule has 0 fully saturated rings.